The highest BCUT2D eigenvalue weighted by atomic mass is 79.9. The molecule has 1 N–H and O–H groups in total. The minimum absolute atomic E-state index is 0.135. The van der Waals surface area contributed by atoms with Gasteiger partial charge in [-0.25, -0.2) is 0 Å². The number of halogens is 1. The minimum atomic E-state index is -0.350. The molecule has 3 heteroatoms. The third kappa shape index (κ3) is 2.69. The van der Waals surface area contributed by atoms with Gasteiger partial charge in [-0.3, -0.25) is 0 Å². The highest BCUT2D eigenvalue weighted by Gasteiger charge is 2.34. The Labute approximate surface area is 134 Å². The Bertz CT molecular complexity index is 679. The van der Waals surface area contributed by atoms with Crippen LogP contribution in [0.5, 0.6) is 0 Å². The third-order valence-corrected chi connectivity index (χ3v) is 4.81. The molecule has 1 atom stereocenters. The van der Waals surface area contributed by atoms with Gasteiger partial charge in [0, 0.05) is 27.1 Å². The predicted octanol–water partition coefficient (Wildman–Crippen LogP) is 4.86. The number of aryl methyl sites for hydroxylation is 2. The van der Waals surface area contributed by atoms with Gasteiger partial charge in [0.1, 0.15) is 0 Å². The van der Waals surface area contributed by atoms with E-state index in [0.717, 1.165) is 22.9 Å². The van der Waals surface area contributed by atoms with E-state index in [1.807, 2.05) is 0 Å². The van der Waals surface area contributed by atoms with E-state index in [1.54, 1.807) is 0 Å². The van der Waals surface area contributed by atoms with Crippen LogP contribution >= 0.6 is 15.9 Å². The van der Waals surface area contributed by atoms with Crippen LogP contribution in [-0.4, -0.2) is 9.67 Å². The molecule has 0 saturated heterocycles. The lowest BCUT2D eigenvalue weighted by molar-refractivity contribution is 0.0987. The molecule has 0 aliphatic heterocycles. The molecular formula is C18H22BrNO. The van der Waals surface area contributed by atoms with Crippen LogP contribution < -0.4 is 0 Å². The Kier molecular flexibility index (Phi) is 3.53. The second-order valence-corrected chi connectivity index (χ2v) is 7.99. The van der Waals surface area contributed by atoms with Crippen molar-refractivity contribution in [2.24, 2.45) is 5.41 Å². The van der Waals surface area contributed by atoms with E-state index in [9.17, 15) is 5.11 Å². The summed E-state index contributed by atoms with van der Waals surface area (Å²) in [4.78, 5) is 0. The molecule has 0 radical (unpaired) electrons. The second-order valence-electron chi connectivity index (χ2n) is 7.07. The number of hydrogen-bond donors (Lipinski definition) is 1. The van der Waals surface area contributed by atoms with Crippen molar-refractivity contribution in [1.82, 2.24) is 4.57 Å². The van der Waals surface area contributed by atoms with Crippen LogP contribution in [0, 0.1) is 19.3 Å². The monoisotopic (exact) mass is 347 g/mol. The molecule has 1 heterocycles. The molecule has 2 aromatic rings. The van der Waals surface area contributed by atoms with Gasteiger partial charge in [0.2, 0.25) is 0 Å². The number of fused-ring (bicyclic) bond motifs is 1. The molecule has 0 saturated carbocycles. The van der Waals surface area contributed by atoms with Crippen LogP contribution in [0.3, 0.4) is 0 Å². The molecule has 0 fully saturated rings. The zero-order valence-electron chi connectivity index (χ0n) is 13.1. The van der Waals surface area contributed by atoms with Crippen LogP contribution in [0.2, 0.25) is 0 Å². The second kappa shape index (κ2) is 4.99. The van der Waals surface area contributed by atoms with E-state index in [-0.39, 0.29) is 11.5 Å². The number of aliphatic hydroxyl groups excluding tert-OH is 1. The van der Waals surface area contributed by atoms with Gasteiger partial charge in [0.15, 0.2) is 0 Å². The lowest BCUT2D eigenvalue weighted by atomic mass is 9.75. The first-order valence-electron chi connectivity index (χ1n) is 7.43. The summed E-state index contributed by atoms with van der Waals surface area (Å²) in [6, 6.07) is 8.61. The van der Waals surface area contributed by atoms with Crippen molar-refractivity contribution < 1.29 is 5.11 Å². The Hall–Kier alpha value is -1.06. The first-order valence-corrected chi connectivity index (χ1v) is 8.23. The van der Waals surface area contributed by atoms with Crippen molar-refractivity contribution in [1.29, 1.82) is 0 Å². The maximum Gasteiger partial charge on any atom is 0.0812 e. The first-order chi connectivity index (χ1) is 9.77. The van der Waals surface area contributed by atoms with Gasteiger partial charge in [0.05, 0.1) is 6.10 Å². The zero-order valence-corrected chi connectivity index (χ0v) is 14.7. The molecule has 21 heavy (non-hydrogen) atoms. The first kappa shape index (κ1) is 14.9. The van der Waals surface area contributed by atoms with Gasteiger partial charge in [-0.2, -0.15) is 0 Å². The summed E-state index contributed by atoms with van der Waals surface area (Å²) in [6.07, 6.45) is 1.48. The van der Waals surface area contributed by atoms with E-state index in [2.05, 4.69) is 72.5 Å². The SMILES string of the molecule is Cc1cc(Br)cc(-n2c(C)cc3c2CC(C)(C)CC3O)c1. The van der Waals surface area contributed by atoms with Crippen molar-refractivity contribution in [3.05, 3.63) is 51.3 Å². The van der Waals surface area contributed by atoms with Crippen molar-refractivity contribution >= 4 is 15.9 Å². The molecule has 2 nitrogen and oxygen atoms in total. The van der Waals surface area contributed by atoms with E-state index < -0.39 is 0 Å². The summed E-state index contributed by atoms with van der Waals surface area (Å²) in [5.74, 6) is 0. The highest BCUT2D eigenvalue weighted by Crippen LogP contribution is 2.43. The van der Waals surface area contributed by atoms with Crippen LogP contribution in [0.15, 0.2) is 28.7 Å². The maximum absolute atomic E-state index is 10.5. The minimum Gasteiger partial charge on any atom is -0.388 e. The molecule has 1 aliphatic carbocycles. The molecule has 3 rings (SSSR count). The summed E-state index contributed by atoms with van der Waals surface area (Å²) < 4.78 is 3.40. The number of benzene rings is 1. The normalized spacial score (nSPS) is 20.4. The Morgan fingerprint density at radius 2 is 1.90 bits per heavy atom. The van der Waals surface area contributed by atoms with Gasteiger partial charge in [-0.05, 0) is 61.9 Å². The number of aromatic nitrogens is 1. The molecule has 1 aromatic heterocycles. The summed E-state index contributed by atoms with van der Waals surface area (Å²) in [5, 5.41) is 10.5. The fourth-order valence-corrected chi connectivity index (χ4v) is 4.14. The molecular weight excluding hydrogens is 326 g/mol. The Morgan fingerprint density at radius 3 is 2.57 bits per heavy atom. The molecule has 112 valence electrons. The van der Waals surface area contributed by atoms with Gasteiger partial charge in [0.25, 0.3) is 0 Å². The van der Waals surface area contributed by atoms with Gasteiger partial charge in [-0.15, -0.1) is 0 Å². The fraction of sp³-hybridized carbons (Fsp3) is 0.444. The zero-order chi connectivity index (χ0) is 15.4. The van der Waals surface area contributed by atoms with Crippen LogP contribution in [0.25, 0.3) is 5.69 Å². The van der Waals surface area contributed by atoms with Gasteiger partial charge >= 0.3 is 0 Å². The van der Waals surface area contributed by atoms with Crippen molar-refractivity contribution in [3.8, 4) is 5.69 Å². The summed E-state index contributed by atoms with van der Waals surface area (Å²) >= 11 is 3.59. The Balaban J connectivity index is 2.21. The standard InChI is InChI=1S/C18H22BrNO/c1-11-5-13(19)8-14(6-11)20-12(2)7-15-16(20)9-18(3,4)10-17(15)21/h5-8,17,21H,9-10H2,1-4H3. The number of nitrogens with zero attached hydrogens (tertiary/aromatic N) is 1. The average molecular weight is 348 g/mol. The van der Waals surface area contributed by atoms with E-state index in [0.29, 0.717) is 0 Å². The third-order valence-electron chi connectivity index (χ3n) is 4.36. The topological polar surface area (TPSA) is 25.2 Å². The molecule has 1 aliphatic rings. The summed E-state index contributed by atoms with van der Waals surface area (Å²) in [6.45, 7) is 8.70. The number of aliphatic hydroxyl groups is 1. The molecule has 0 amide bonds. The lowest BCUT2D eigenvalue weighted by Gasteiger charge is -2.34. The number of hydrogen-bond acceptors (Lipinski definition) is 1. The maximum atomic E-state index is 10.5. The highest BCUT2D eigenvalue weighted by molar-refractivity contribution is 9.10. The predicted molar refractivity (Wildman–Crippen MR) is 90.0 cm³/mol. The molecule has 0 spiro atoms. The lowest BCUT2D eigenvalue weighted by Crippen LogP contribution is -2.26. The smallest absolute Gasteiger partial charge is 0.0812 e. The van der Waals surface area contributed by atoms with Crippen LogP contribution in [0.1, 0.15) is 48.9 Å². The van der Waals surface area contributed by atoms with E-state index >= 15 is 0 Å². The van der Waals surface area contributed by atoms with E-state index in [1.165, 1.54) is 22.6 Å². The average Bonchev–Trinajstić information content (AvgIpc) is 2.63. The van der Waals surface area contributed by atoms with Crippen LogP contribution in [-0.2, 0) is 6.42 Å². The largest absolute Gasteiger partial charge is 0.388 e. The van der Waals surface area contributed by atoms with Crippen molar-refractivity contribution in [3.63, 3.8) is 0 Å². The van der Waals surface area contributed by atoms with Gasteiger partial charge < -0.3 is 9.67 Å². The number of rotatable bonds is 1. The van der Waals surface area contributed by atoms with Crippen molar-refractivity contribution in [2.75, 3.05) is 0 Å². The molecule has 1 aromatic carbocycles. The van der Waals surface area contributed by atoms with Crippen LogP contribution in [0.4, 0.5) is 0 Å². The molecule has 1 unspecified atom stereocenters. The fourth-order valence-electron chi connectivity index (χ4n) is 3.55. The Morgan fingerprint density at radius 1 is 1.19 bits per heavy atom. The van der Waals surface area contributed by atoms with E-state index in [4.69, 9.17) is 0 Å². The van der Waals surface area contributed by atoms with Gasteiger partial charge in [-0.1, -0.05) is 29.8 Å². The van der Waals surface area contributed by atoms with Crippen molar-refractivity contribution in [2.45, 2.75) is 46.6 Å². The quantitative estimate of drug-likeness (QED) is 0.782. The summed E-state index contributed by atoms with van der Waals surface area (Å²) in [7, 11) is 0. The summed E-state index contributed by atoms with van der Waals surface area (Å²) in [5.41, 5.74) is 6.09. The molecule has 0 bridgehead atoms.